The molecule has 1 unspecified atom stereocenters. The van der Waals surface area contributed by atoms with Crippen molar-refractivity contribution < 1.29 is 14.1 Å². The Hall–Kier alpha value is -2.87. The van der Waals surface area contributed by atoms with Crippen molar-refractivity contribution in [2.24, 2.45) is 5.92 Å². The van der Waals surface area contributed by atoms with Crippen molar-refractivity contribution in [2.75, 3.05) is 25.0 Å². The average molecular weight is 487 g/mol. The molecule has 1 aliphatic heterocycles. The highest BCUT2D eigenvalue weighted by atomic mass is 35.5. The molecule has 33 heavy (non-hydrogen) atoms. The number of anilines is 1. The number of nitrogens with one attached hydrogen (secondary N) is 1. The van der Waals surface area contributed by atoms with Crippen LogP contribution in [0.3, 0.4) is 0 Å². The number of benzene rings is 2. The Kier molecular flexibility index (Phi) is 7.65. The summed E-state index contributed by atoms with van der Waals surface area (Å²) in [6.45, 7) is 5.99. The minimum absolute atomic E-state index is 0.0141. The number of hydrogen-bond donors (Lipinski definition) is 1. The van der Waals surface area contributed by atoms with Gasteiger partial charge in [-0.15, -0.1) is 0 Å². The zero-order valence-corrected chi connectivity index (χ0v) is 19.5. The molecule has 172 valence electrons. The summed E-state index contributed by atoms with van der Waals surface area (Å²) in [4.78, 5) is 19.5. The third kappa shape index (κ3) is 6.13. The fourth-order valence-electron chi connectivity index (χ4n) is 3.77. The number of aromatic nitrogens is 2. The van der Waals surface area contributed by atoms with Crippen LogP contribution in [-0.4, -0.2) is 40.6 Å². The normalized spacial score (nSPS) is 16.4. The highest BCUT2D eigenvalue weighted by molar-refractivity contribution is 6.36. The fraction of sp³-hybridized carbons (Fsp3) is 0.292. The number of ether oxygens (including phenoxy) is 1. The number of nitrogens with zero attached hydrogens (tertiary/aromatic N) is 3. The average Bonchev–Trinajstić information content (AvgIpc) is 3.26. The molecule has 1 aliphatic rings. The van der Waals surface area contributed by atoms with E-state index < -0.39 is 0 Å². The minimum atomic E-state index is -0.135. The molecule has 4 rings (SSSR count). The number of hydrogen-bond acceptors (Lipinski definition) is 6. The molecule has 0 saturated carbocycles. The van der Waals surface area contributed by atoms with E-state index in [1.54, 1.807) is 24.3 Å². The maximum atomic E-state index is 12.9. The van der Waals surface area contributed by atoms with Gasteiger partial charge in [0.25, 0.3) is 0 Å². The van der Waals surface area contributed by atoms with Gasteiger partial charge >= 0.3 is 0 Å². The molecule has 1 atom stereocenters. The van der Waals surface area contributed by atoms with Crippen molar-refractivity contribution in [3.63, 3.8) is 0 Å². The number of carbonyl (C=O) groups excluding carboxylic acids is 1. The molecule has 0 bridgehead atoms. The largest absolute Gasteiger partial charge is 0.489 e. The predicted octanol–water partition coefficient (Wildman–Crippen LogP) is 5.46. The van der Waals surface area contributed by atoms with E-state index in [2.05, 4.69) is 26.9 Å². The maximum Gasteiger partial charge on any atom is 0.241 e. The summed E-state index contributed by atoms with van der Waals surface area (Å²) < 4.78 is 11.0. The van der Waals surface area contributed by atoms with Crippen LogP contribution >= 0.6 is 23.2 Å². The summed E-state index contributed by atoms with van der Waals surface area (Å²) in [6.07, 6.45) is 3.41. The lowest BCUT2D eigenvalue weighted by Gasteiger charge is -2.30. The lowest BCUT2D eigenvalue weighted by Crippen LogP contribution is -2.40. The molecule has 1 N–H and O–H groups in total. The fourth-order valence-corrected chi connectivity index (χ4v) is 4.26. The van der Waals surface area contributed by atoms with Gasteiger partial charge in [-0.2, -0.15) is 4.98 Å². The van der Waals surface area contributed by atoms with Crippen LogP contribution in [0.25, 0.3) is 11.4 Å². The van der Waals surface area contributed by atoms with Crippen molar-refractivity contribution in [3.05, 3.63) is 71.1 Å². The van der Waals surface area contributed by atoms with Crippen LogP contribution in [0, 0.1) is 5.92 Å². The molecule has 1 saturated heterocycles. The number of rotatable bonds is 8. The summed E-state index contributed by atoms with van der Waals surface area (Å²) in [5, 5.41) is 8.05. The van der Waals surface area contributed by atoms with Gasteiger partial charge in [-0.25, -0.2) is 0 Å². The van der Waals surface area contributed by atoms with Crippen LogP contribution in [0.15, 0.2) is 59.6 Å². The van der Waals surface area contributed by atoms with E-state index in [0.29, 0.717) is 58.5 Å². The molecule has 1 amide bonds. The van der Waals surface area contributed by atoms with Gasteiger partial charge < -0.3 is 14.6 Å². The second-order valence-corrected chi connectivity index (χ2v) is 8.67. The zero-order chi connectivity index (χ0) is 23.2. The summed E-state index contributed by atoms with van der Waals surface area (Å²) in [6, 6.07) is 12.5. The lowest BCUT2D eigenvalue weighted by atomic mass is 9.97. The smallest absolute Gasteiger partial charge is 0.241 e. The lowest BCUT2D eigenvalue weighted by molar-refractivity contribution is -0.121. The quantitative estimate of drug-likeness (QED) is 0.425. The zero-order valence-electron chi connectivity index (χ0n) is 18.0. The van der Waals surface area contributed by atoms with E-state index in [4.69, 9.17) is 32.5 Å². The van der Waals surface area contributed by atoms with Crippen molar-refractivity contribution in [1.29, 1.82) is 0 Å². The van der Waals surface area contributed by atoms with Crippen LogP contribution < -0.4 is 10.1 Å². The van der Waals surface area contributed by atoms with Gasteiger partial charge in [0.05, 0.1) is 17.5 Å². The summed E-state index contributed by atoms with van der Waals surface area (Å²) in [7, 11) is 0. The van der Waals surface area contributed by atoms with E-state index >= 15 is 0 Å². The number of halogens is 2. The van der Waals surface area contributed by atoms with Crippen molar-refractivity contribution >= 4 is 34.8 Å². The van der Waals surface area contributed by atoms with Crippen LogP contribution in [0.4, 0.5) is 5.69 Å². The van der Waals surface area contributed by atoms with Gasteiger partial charge in [0.15, 0.2) is 0 Å². The van der Waals surface area contributed by atoms with Crippen LogP contribution in [0.1, 0.15) is 18.7 Å². The Morgan fingerprint density at radius 2 is 2.18 bits per heavy atom. The number of carbonyl (C=O) groups is 1. The van der Waals surface area contributed by atoms with Gasteiger partial charge in [-0.1, -0.05) is 47.1 Å². The third-order valence-corrected chi connectivity index (χ3v) is 5.89. The molecule has 1 fully saturated rings. The highest BCUT2D eigenvalue weighted by Crippen LogP contribution is 2.29. The molecule has 3 aromatic rings. The van der Waals surface area contributed by atoms with Crippen LogP contribution in [0.2, 0.25) is 10.0 Å². The summed E-state index contributed by atoms with van der Waals surface area (Å²) in [5.74, 6) is 1.43. The van der Waals surface area contributed by atoms with Gasteiger partial charge in [0.2, 0.25) is 17.6 Å². The minimum Gasteiger partial charge on any atom is -0.489 e. The van der Waals surface area contributed by atoms with Crippen molar-refractivity contribution in [2.45, 2.75) is 19.4 Å². The van der Waals surface area contributed by atoms with Gasteiger partial charge in [-0.3, -0.25) is 9.69 Å². The number of amides is 1. The Labute approximate surface area is 202 Å². The monoisotopic (exact) mass is 486 g/mol. The second-order valence-electron chi connectivity index (χ2n) is 7.83. The van der Waals surface area contributed by atoms with E-state index in [0.717, 1.165) is 19.4 Å². The molecule has 0 spiro atoms. The van der Waals surface area contributed by atoms with E-state index in [-0.39, 0.29) is 11.8 Å². The molecule has 0 radical (unpaired) electrons. The van der Waals surface area contributed by atoms with Crippen LogP contribution in [-0.2, 0) is 11.3 Å². The molecule has 2 heterocycles. The topological polar surface area (TPSA) is 80.5 Å². The molecule has 1 aromatic heterocycles. The Morgan fingerprint density at radius 3 is 3.00 bits per heavy atom. The van der Waals surface area contributed by atoms with Gasteiger partial charge in [0, 0.05) is 28.9 Å². The molecule has 2 aromatic carbocycles. The SMILES string of the molecule is C=CCOc1cccc(NC(=O)C2CCCN(Cc3nc(-c4ccc(Cl)cc4Cl)no3)C2)c1. The highest BCUT2D eigenvalue weighted by Gasteiger charge is 2.27. The first-order chi connectivity index (χ1) is 16.0. The Morgan fingerprint density at radius 1 is 1.30 bits per heavy atom. The van der Waals surface area contributed by atoms with Crippen LogP contribution in [0.5, 0.6) is 5.75 Å². The van der Waals surface area contributed by atoms with Gasteiger partial charge in [-0.05, 0) is 49.7 Å². The first-order valence-corrected chi connectivity index (χ1v) is 11.4. The molecular formula is C24H24Cl2N4O3. The third-order valence-electron chi connectivity index (χ3n) is 5.34. The van der Waals surface area contributed by atoms with E-state index in [9.17, 15) is 4.79 Å². The van der Waals surface area contributed by atoms with E-state index in [1.165, 1.54) is 0 Å². The van der Waals surface area contributed by atoms with Gasteiger partial charge in [0.1, 0.15) is 12.4 Å². The second kappa shape index (κ2) is 10.8. The first-order valence-electron chi connectivity index (χ1n) is 10.7. The van der Waals surface area contributed by atoms with E-state index in [1.807, 2.05) is 24.3 Å². The molecule has 9 heteroatoms. The molecule has 7 nitrogen and oxygen atoms in total. The molecule has 0 aliphatic carbocycles. The van der Waals surface area contributed by atoms with Crippen molar-refractivity contribution in [1.82, 2.24) is 15.0 Å². The number of piperidine rings is 1. The summed E-state index contributed by atoms with van der Waals surface area (Å²) in [5.41, 5.74) is 1.37. The standard InChI is InChI=1S/C24H24Cl2N4O3/c1-2-11-32-19-7-3-6-18(13-19)27-24(31)16-5-4-10-30(14-16)15-22-28-23(29-33-22)20-9-8-17(25)12-21(20)26/h2-3,6-9,12-13,16H,1,4-5,10-11,14-15H2,(H,27,31). The number of likely N-dealkylation sites (tertiary alicyclic amines) is 1. The Balaban J connectivity index is 1.35. The summed E-state index contributed by atoms with van der Waals surface area (Å²) >= 11 is 12.2. The molecular weight excluding hydrogens is 463 g/mol. The predicted molar refractivity (Wildman–Crippen MR) is 129 cm³/mol. The Bertz CT molecular complexity index is 1130. The first kappa shape index (κ1) is 23.3. The van der Waals surface area contributed by atoms with Crippen molar-refractivity contribution in [3.8, 4) is 17.1 Å². The maximum absolute atomic E-state index is 12.9.